The fraction of sp³-hybridized carbons (Fsp3) is 0.500. The van der Waals surface area contributed by atoms with E-state index in [2.05, 4.69) is 0 Å². The second kappa shape index (κ2) is 8.82. The molecule has 0 aliphatic carbocycles. The van der Waals surface area contributed by atoms with E-state index in [1.807, 2.05) is 0 Å². The molecule has 0 aliphatic heterocycles. The first kappa shape index (κ1) is 20.5. The number of nitrogens with zero attached hydrogens (tertiary/aromatic N) is 1. The Hall–Kier alpha value is -0.510. The number of benzene rings is 1. The van der Waals surface area contributed by atoms with Crippen LogP contribution in [0.3, 0.4) is 0 Å². The molecular weight excluding hydrogens is 309 g/mol. The summed E-state index contributed by atoms with van der Waals surface area (Å²) in [5.74, 6) is 0.448. The number of hydrogen-bond donors (Lipinski definition) is 2. The maximum Gasteiger partial charge on any atom is 0.267 e. The van der Waals surface area contributed by atoms with Gasteiger partial charge in [0.25, 0.3) is 10.1 Å². The van der Waals surface area contributed by atoms with Crippen LogP contribution in [0.2, 0.25) is 0 Å². The van der Waals surface area contributed by atoms with Gasteiger partial charge in [0.15, 0.2) is 0 Å². The Balaban J connectivity index is 0.00000400. The topological polar surface area (TPSA) is 96.3 Å². The van der Waals surface area contributed by atoms with Crippen LogP contribution in [0, 0.1) is 0 Å². The summed E-state index contributed by atoms with van der Waals surface area (Å²) >= 11 is 0. The van der Waals surface area contributed by atoms with E-state index in [0.29, 0.717) is 17.2 Å². The van der Waals surface area contributed by atoms with Crippen molar-refractivity contribution in [3.05, 3.63) is 18.2 Å². The fourth-order valence-electron chi connectivity index (χ4n) is 1.73. The Kier molecular flexibility index (Phi) is 8.60. The van der Waals surface area contributed by atoms with E-state index in [1.54, 1.807) is 30.1 Å². The van der Waals surface area contributed by atoms with Crippen LogP contribution < -0.4 is 14.4 Å². The van der Waals surface area contributed by atoms with Gasteiger partial charge in [0, 0.05) is 67.0 Å². The van der Waals surface area contributed by atoms with Crippen molar-refractivity contribution >= 4 is 45.4 Å². The van der Waals surface area contributed by atoms with Crippen LogP contribution in [0.15, 0.2) is 18.2 Å². The summed E-state index contributed by atoms with van der Waals surface area (Å²) in [5.41, 5.74) is 0.690. The Morgan fingerprint density at radius 2 is 1.67 bits per heavy atom. The smallest absolute Gasteiger partial charge is 0.267 e. The third kappa shape index (κ3) is 7.35. The van der Waals surface area contributed by atoms with E-state index in [9.17, 15) is 13.5 Å². The molecular formula is C12H19NNaO6S. The first-order valence-corrected chi connectivity index (χ1v) is 7.43. The second-order valence-corrected chi connectivity index (χ2v) is 5.85. The molecule has 0 spiro atoms. The summed E-state index contributed by atoms with van der Waals surface area (Å²) in [6, 6.07) is 5.15. The molecule has 0 heterocycles. The summed E-state index contributed by atoms with van der Waals surface area (Å²) in [6.45, 7) is 0.0378. The van der Waals surface area contributed by atoms with E-state index < -0.39 is 22.0 Å². The molecule has 21 heavy (non-hydrogen) atoms. The summed E-state index contributed by atoms with van der Waals surface area (Å²) in [4.78, 5) is 1.64. The van der Waals surface area contributed by atoms with Gasteiger partial charge in [-0.3, -0.25) is 4.55 Å². The normalized spacial score (nSPS) is 12.2. The summed E-state index contributed by atoms with van der Waals surface area (Å²) < 4.78 is 40.3. The summed E-state index contributed by atoms with van der Waals surface area (Å²) in [6.07, 6.45) is -1.20. The van der Waals surface area contributed by atoms with Crippen molar-refractivity contribution in [2.24, 2.45) is 0 Å². The standard InChI is InChI=1S/C12H19NO6S.Na/c1-13(7-10(14)8-20(15,16)17)9-4-11(18-2)6-12(5-9)19-3;/h4-6,10,14H,7-8H2,1-3H3,(H,15,16,17);. The number of likely N-dealkylation sites (N-methyl/N-ethyl adjacent to an activating group) is 1. The van der Waals surface area contributed by atoms with Crippen molar-refractivity contribution in [2.45, 2.75) is 6.10 Å². The predicted molar refractivity (Wildman–Crippen MR) is 81.0 cm³/mol. The number of aliphatic hydroxyl groups excluding tert-OH is 1. The van der Waals surface area contributed by atoms with Gasteiger partial charge in [-0.25, -0.2) is 0 Å². The molecule has 0 amide bonds. The molecule has 1 atom stereocenters. The van der Waals surface area contributed by atoms with Crippen LogP contribution in [0.4, 0.5) is 5.69 Å². The zero-order chi connectivity index (χ0) is 15.3. The number of ether oxygens (including phenoxy) is 2. The molecule has 0 bridgehead atoms. The predicted octanol–water partition coefficient (Wildman–Crippen LogP) is 0.00790. The number of methoxy groups -OCH3 is 2. The Bertz CT molecular complexity index is 528. The van der Waals surface area contributed by atoms with Crippen molar-refractivity contribution in [2.75, 3.05) is 38.5 Å². The molecule has 1 rings (SSSR count). The molecule has 1 radical (unpaired) electrons. The van der Waals surface area contributed by atoms with Gasteiger partial charge < -0.3 is 19.5 Å². The zero-order valence-corrected chi connectivity index (χ0v) is 15.4. The van der Waals surface area contributed by atoms with E-state index >= 15 is 0 Å². The quantitative estimate of drug-likeness (QED) is 0.537. The minimum absolute atomic E-state index is 0. The molecule has 1 unspecified atom stereocenters. The SMILES string of the molecule is COc1cc(OC)cc(N(C)CC(O)CS(=O)(=O)O)c1.[Na]. The first-order chi connectivity index (χ1) is 9.25. The third-order valence-corrected chi connectivity index (χ3v) is 3.47. The van der Waals surface area contributed by atoms with Crippen LogP contribution in [0.1, 0.15) is 0 Å². The third-order valence-electron chi connectivity index (χ3n) is 2.66. The molecule has 0 aromatic heterocycles. The average Bonchev–Trinajstić information content (AvgIpc) is 2.35. The minimum Gasteiger partial charge on any atom is -0.497 e. The summed E-state index contributed by atoms with van der Waals surface area (Å²) in [5, 5.41) is 9.63. The monoisotopic (exact) mass is 328 g/mol. The van der Waals surface area contributed by atoms with Crippen LogP contribution in [0.5, 0.6) is 11.5 Å². The molecule has 0 saturated carbocycles. The van der Waals surface area contributed by atoms with Crippen molar-refractivity contribution < 1.29 is 27.6 Å². The van der Waals surface area contributed by atoms with E-state index in [1.165, 1.54) is 14.2 Å². The van der Waals surface area contributed by atoms with Gasteiger partial charge in [-0.05, 0) is 0 Å². The van der Waals surface area contributed by atoms with Crippen LogP contribution in [0.25, 0.3) is 0 Å². The van der Waals surface area contributed by atoms with Crippen LogP contribution >= 0.6 is 0 Å². The fourth-order valence-corrected chi connectivity index (χ4v) is 2.32. The molecule has 9 heteroatoms. The molecule has 7 nitrogen and oxygen atoms in total. The Morgan fingerprint density at radius 3 is 2.05 bits per heavy atom. The van der Waals surface area contributed by atoms with Crippen LogP contribution in [-0.4, -0.2) is 87.3 Å². The molecule has 0 saturated heterocycles. The van der Waals surface area contributed by atoms with Gasteiger partial charge in [-0.1, -0.05) is 0 Å². The molecule has 2 N–H and O–H groups in total. The number of rotatable bonds is 7. The van der Waals surface area contributed by atoms with E-state index in [4.69, 9.17) is 14.0 Å². The molecule has 115 valence electrons. The van der Waals surface area contributed by atoms with Gasteiger partial charge in [0.2, 0.25) is 0 Å². The average molecular weight is 328 g/mol. The van der Waals surface area contributed by atoms with E-state index in [-0.39, 0.29) is 36.1 Å². The molecule has 1 aromatic carbocycles. The largest absolute Gasteiger partial charge is 0.497 e. The summed E-state index contributed by atoms with van der Waals surface area (Å²) in [7, 11) is 0.518. The second-order valence-electron chi connectivity index (χ2n) is 4.35. The molecule has 0 fully saturated rings. The van der Waals surface area contributed by atoms with Crippen molar-refractivity contribution in [3.63, 3.8) is 0 Å². The van der Waals surface area contributed by atoms with Gasteiger partial charge in [0.1, 0.15) is 17.3 Å². The van der Waals surface area contributed by atoms with E-state index in [0.717, 1.165) is 0 Å². The van der Waals surface area contributed by atoms with Crippen molar-refractivity contribution in [1.29, 1.82) is 0 Å². The van der Waals surface area contributed by atoms with Gasteiger partial charge in [0.05, 0.1) is 20.3 Å². The van der Waals surface area contributed by atoms with Crippen molar-refractivity contribution in [1.82, 2.24) is 0 Å². The molecule has 1 aromatic rings. The maximum atomic E-state index is 10.7. The number of anilines is 1. The first-order valence-electron chi connectivity index (χ1n) is 5.82. The minimum atomic E-state index is -4.20. The Morgan fingerprint density at radius 1 is 1.19 bits per heavy atom. The number of aliphatic hydroxyl groups is 1. The van der Waals surface area contributed by atoms with Crippen LogP contribution in [-0.2, 0) is 10.1 Å². The van der Waals surface area contributed by atoms with Crippen molar-refractivity contribution in [3.8, 4) is 11.5 Å². The zero-order valence-electron chi connectivity index (χ0n) is 12.6. The maximum absolute atomic E-state index is 10.7. The molecule has 0 aliphatic rings. The van der Waals surface area contributed by atoms with Gasteiger partial charge in [-0.2, -0.15) is 8.42 Å². The number of hydrogen-bond acceptors (Lipinski definition) is 6. The van der Waals surface area contributed by atoms with Gasteiger partial charge in [-0.15, -0.1) is 0 Å². The van der Waals surface area contributed by atoms with Gasteiger partial charge >= 0.3 is 0 Å². The Labute approximate surface area is 146 Å².